The Labute approximate surface area is 170 Å². The molecule has 2 aliphatic rings. The van der Waals surface area contributed by atoms with Crippen molar-refractivity contribution in [2.45, 2.75) is 44.9 Å². The third-order valence-corrected chi connectivity index (χ3v) is 7.20. The third-order valence-electron chi connectivity index (χ3n) is 6.52. The second kappa shape index (κ2) is 8.08. The number of rotatable bonds is 6. The van der Waals surface area contributed by atoms with E-state index < -0.39 is 5.41 Å². The van der Waals surface area contributed by atoms with Gasteiger partial charge in [-0.1, -0.05) is 37.1 Å². The standard InChI is InChI=1S/C23H28N2O2S/c24-22(27)23(10-11-25(16-23)21(26)13-17-3-1-2-4-17)14-18-5-7-19(8-6-18)20-9-12-28-15-20/h5-9,12,15,17H,1-4,10-11,13-14,16H2,(H2,24,27)/t23-/m1/s1. The molecule has 0 radical (unpaired) electrons. The van der Waals surface area contributed by atoms with Crippen molar-refractivity contribution in [3.8, 4) is 11.1 Å². The monoisotopic (exact) mass is 396 g/mol. The predicted octanol–water partition coefficient (Wildman–Crippen LogP) is 4.24. The van der Waals surface area contributed by atoms with Crippen LogP contribution < -0.4 is 5.73 Å². The van der Waals surface area contributed by atoms with E-state index in [1.54, 1.807) is 11.3 Å². The largest absolute Gasteiger partial charge is 0.369 e. The van der Waals surface area contributed by atoms with Crippen LogP contribution in [0, 0.1) is 11.3 Å². The van der Waals surface area contributed by atoms with E-state index in [9.17, 15) is 9.59 Å². The lowest BCUT2D eigenvalue weighted by Crippen LogP contribution is -2.42. The fourth-order valence-electron chi connectivity index (χ4n) is 4.74. The molecule has 4 nitrogen and oxygen atoms in total. The minimum absolute atomic E-state index is 0.197. The van der Waals surface area contributed by atoms with Crippen LogP contribution in [0.25, 0.3) is 11.1 Å². The fourth-order valence-corrected chi connectivity index (χ4v) is 5.41. The van der Waals surface area contributed by atoms with Gasteiger partial charge in [0.1, 0.15) is 0 Å². The molecule has 0 unspecified atom stereocenters. The van der Waals surface area contributed by atoms with Gasteiger partial charge in [-0.15, -0.1) is 0 Å². The van der Waals surface area contributed by atoms with Gasteiger partial charge in [0.25, 0.3) is 0 Å². The van der Waals surface area contributed by atoms with Crippen molar-refractivity contribution in [2.75, 3.05) is 13.1 Å². The molecule has 2 aromatic rings. The zero-order valence-electron chi connectivity index (χ0n) is 16.2. The zero-order valence-corrected chi connectivity index (χ0v) is 17.0. The smallest absolute Gasteiger partial charge is 0.225 e. The Hall–Kier alpha value is -2.14. The number of hydrogen-bond donors (Lipinski definition) is 1. The Kier molecular flexibility index (Phi) is 5.54. The summed E-state index contributed by atoms with van der Waals surface area (Å²) in [6.07, 6.45) is 6.69. The van der Waals surface area contributed by atoms with Gasteiger partial charge in [-0.2, -0.15) is 11.3 Å². The number of carbonyl (C=O) groups is 2. The Balaban J connectivity index is 1.43. The minimum atomic E-state index is -0.644. The second-order valence-corrected chi connectivity index (χ2v) is 9.23. The number of carbonyl (C=O) groups excluding carboxylic acids is 2. The average Bonchev–Trinajstić information content (AvgIpc) is 3.45. The molecule has 1 aromatic heterocycles. The van der Waals surface area contributed by atoms with E-state index >= 15 is 0 Å². The Morgan fingerprint density at radius 1 is 1.11 bits per heavy atom. The summed E-state index contributed by atoms with van der Waals surface area (Å²) in [5.74, 6) is 0.439. The molecule has 1 saturated heterocycles. The maximum absolute atomic E-state index is 12.7. The third kappa shape index (κ3) is 4.00. The molecule has 2 N–H and O–H groups in total. The van der Waals surface area contributed by atoms with E-state index in [2.05, 4.69) is 41.1 Å². The van der Waals surface area contributed by atoms with Crippen LogP contribution in [0.2, 0.25) is 0 Å². The van der Waals surface area contributed by atoms with Crippen molar-refractivity contribution in [2.24, 2.45) is 17.1 Å². The molecule has 1 aliphatic carbocycles. The fraction of sp³-hybridized carbons (Fsp3) is 0.478. The molecule has 4 rings (SSSR count). The molecule has 2 amide bonds. The summed E-state index contributed by atoms with van der Waals surface area (Å²) >= 11 is 1.68. The summed E-state index contributed by atoms with van der Waals surface area (Å²) in [6.45, 7) is 1.10. The summed E-state index contributed by atoms with van der Waals surface area (Å²) in [5.41, 5.74) is 8.69. The molecule has 0 bridgehead atoms. The molecule has 2 heterocycles. The number of nitrogens with zero attached hydrogens (tertiary/aromatic N) is 1. The van der Waals surface area contributed by atoms with E-state index in [4.69, 9.17) is 5.73 Å². The number of benzene rings is 1. The predicted molar refractivity (Wildman–Crippen MR) is 113 cm³/mol. The molecule has 5 heteroatoms. The number of thiophene rings is 1. The van der Waals surface area contributed by atoms with Crippen LogP contribution in [-0.4, -0.2) is 29.8 Å². The molecule has 148 valence electrons. The summed E-state index contributed by atoms with van der Waals surface area (Å²) in [5, 5.41) is 4.20. The number of likely N-dealkylation sites (tertiary alicyclic amines) is 1. The van der Waals surface area contributed by atoms with Gasteiger partial charge >= 0.3 is 0 Å². The van der Waals surface area contributed by atoms with Gasteiger partial charge < -0.3 is 10.6 Å². The van der Waals surface area contributed by atoms with E-state index in [0.29, 0.717) is 38.3 Å². The van der Waals surface area contributed by atoms with E-state index in [-0.39, 0.29) is 11.8 Å². The number of amides is 2. The van der Waals surface area contributed by atoms with E-state index in [0.717, 1.165) is 18.4 Å². The minimum Gasteiger partial charge on any atom is -0.369 e. The van der Waals surface area contributed by atoms with Crippen LogP contribution >= 0.6 is 11.3 Å². The second-order valence-electron chi connectivity index (χ2n) is 8.45. The lowest BCUT2D eigenvalue weighted by atomic mass is 9.80. The normalized spacial score (nSPS) is 22.6. The first-order valence-corrected chi connectivity index (χ1v) is 11.2. The molecular weight excluding hydrogens is 368 g/mol. The van der Waals surface area contributed by atoms with Crippen LogP contribution in [-0.2, 0) is 16.0 Å². The van der Waals surface area contributed by atoms with E-state index in [1.165, 1.54) is 24.0 Å². The highest BCUT2D eigenvalue weighted by atomic mass is 32.1. The SMILES string of the molecule is NC(=O)[C@@]1(Cc2ccc(-c3ccsc3)cc2)CCN(C(=O)CC2CCCC2)C1. The van der Waals surface area contributed by atoms with Gasteiger partial charge in [0.05, 0.1) is 5.41 Å². The summed E-state index contributed by atoms with van der Waals surface area (Å²) in [6, 6.07) is 10.5. The quantitative estimate of drug-likeness (QED) is 0.794. The lowest BCUT2D eigenvalue weighted by Gasteiger charge is -2.26. The van der Waals surface area contributed by atoms with Gasteiger partial charge in [0, 0.05) is 19.5 Å². The lowest BCUT2D eigenvalue weighted by molar-refractivity contribution is -0.132. The molecule has 2 fully saturated rings. The maximum Gasteiger partial charge on any atom is 0.225 e. The average molecular weight is 397 g/mol. The molecule has 1 atom stereocenters. The van der Waals surface area contributed by atoms with E-state index in [1.807, 2.05) is 4.90 Å². The number of nitrogens with two attached hydrogens (primary N) is 1. The number of primary amides is 1. The maximum atomic E-state index is 12.7. The highest BCUT2D eigenvalue weighted by Crippen LogP contribution is 2.36. The molecular formula is C23H28N2O2S. The van der Waals surface area contributed by atoms with Crippen molar-refractivity contribution >= 4 is 23.2 Å². The topological polar surface area (TPSA) is 63.4 Å². The first-order chi connectivity index (χ1) is 13.6. The van der Waals surface area contributed by atoms with Crippen molar-refractivity contribution < 1.29 is 9.59 Å². The highest BCUT2D eigenvalue weighted by molar-refractivity contribution is 7.08. The van der Waals surface area contributed by atoms with Gasteiger partial charge in [-0.3, -0.25) is 9.59 Å². The number of hydrogen-bond acceptors (Lipinski definition) is 3. The first kappa shape index (κ1) is 19.2. The zero-order chi connectivity index (χ0) is 19.6. The molecule has 1 aliphatic heterocycles. The van der Waals surface area contributed by atoms with Crippen molar-refractivity contribution in [3.05, 3.63) is 46.7 Å². The van der Waals surface area contributed by atoms with Crippen LogP contribution in [0.15, 0.2) is 41.1 Å². The Bertz CT molecular complexity index is 825. The molecule has 28 heavy (non-hydrogen) atoms. The molecule has 1 aromatic carbocycles. The van der Waals surface area contributed by atoms with Crippen molar-refractivity contribution in [1.29, 1.82) is 0 Å². The summed E-state index contributed by atoms with van der Waals surface area (Å²) in [4.78, 5) is 27.0. The van der Waals surface area contributed by atoms with Crippen molar-refractivity contribution in [1.82, 2.24) is 4.90 Å². The van der Waals surface area contributed by atoms with Crippen LogP contribution in [0.3, 0.4) is 0 Å². The van der Waals surface area contributed by atoms with Crippen LogP contribution in [0.4, 0.5) is 0 Å². The van der Waals surface area contributed by atoms with Crippen LogP contribution in [0.1, 0.15) is 44.1 Å². The molecule has 0 spiro atoms. The highest BCUT2D eigenvalue weighted by Gasteiger charge is 2.44. The summed E-state index contributed by atoms with van der Waals surface area (Å²) in [7, 11) is 0. The van der Waals surface area contributed by atoms with Gasteiger partial charge in [0.15, 0.2) is 0 Å². The van der Waals surface area contributed by atoms with Gasteiger partial charge in [-0.05, 0) is 65.1 Å². The van der Waals surface area contributed by atoms with Crippen LogP contribution in [0.5, 0.6) is 0 Å². The molecule has 1 saturated carbocycles. The Morgan fingerprint density at radius 2 is 1.86 bits per heavy atom. The Morgan fingerprint density at radius 3 is 2.50 bits per heavy atom. The summed E-state index contributed by atoms with van der Waals surface area (Å²) < 4.78 is 0. The van der Waals surface area contributed by atoms with Gasteiger partial charge in [0.2, 0.25) is 11.8 Å². The van der Waals surface area contributed by atoms with Gasteiger partial charge in [-0.25, -0.2) is 0 Å². The van der Waals surface area contributed by atoms with Crippen molar-refractivity contribution in [3.63, 3.8) is 0 Å². The first-order valence-electron chi connectivity index (χ1n) is 10.2.